The molecule has 2 aromatic rings. The molecule has 22 heavy (non-hydrogen) atoms. The Morgan fingerprint density at radius 1 is 0.955 bits per heavy atom. The van der Waals surface area contributed by atoms with Crippen molar-refractivity contribution in [2.75, 3.05) is 6.54 Å². The van der Waals surface area contributed by atoms with Crippen molar-refractivity contribution in [2.24, 2.45) is 0 Å². The third-order valence-corrected chi connectivity index (χ3v) is 3.35. The van der Waals surface area contributed by atoms with Gasteiger partial charge in [-0.05, 0) is 24.6 Å². The van der Waals surface area contributed by atoms with Crippen LogP contribution in [0.5, 0.6) is 0 Å². The Kier molecular flexibility index (Phi) is 5.72. The van der Waals surface area contributed by atoms with E-state index in [-0.39, 0.29) is 24.3 Å². The topological polar surface area (TPSA) is 58.2 Å². The van der Waals surface area contributed by atoms with Crippen LogP contribution in [0, 0.1) is 0 Å². The van der Waals surface area contributed by atoms with Crippen molar-refractivity contribution in [1.29, 1.82) is 0 Å². The fraction of sp³-hybridized carbons (Fsp3) is 0.222. The minimum atomic E-state index is -0.162. The maximum atomic E-state index is 11.9. The molecule has 0 unspecified atom stereocenters. The van der Waals surface area contributed by atoms with Gasteiger partial charge in [0.15, 0.2) is 0 Å². The maximum absolute atomic E-state index is 11.9. The van der Waals surface area contributed by atoms with Gasteiger partial charge in [0, 0.05) is 18.5 Å². The number of nitrogens with one attached hydrogen (secondary N) is 2. The normalized spacial score (nSPS) is 11.5. The molecule has 2 aromatic carbocycles. The fourth-order valence-corrected chi connectivity index (χ4v) is 2.12. The zero-order valence-corrected chi connectivity index (χ0v) is 12.6. The second-order valence-corrected chi connectivity index (χ2v) is 5.07. The highest BCUT2D eigenvalue weighted by molar-refractivity contribution is 5.94. The lowest BCUT2D eigenvalue weighted by atomic mass is 10.1. The minimum Gasteiger partial charge on any atom is -0.352 e. The van der Waals surface area contributed by atoms with Crippen LogP contribution >= 0.6 is 0 Å². The Labute approximate surface area is 130 Å². The number of hydrogen-bond donors (Lipinski definition) is 2. The first-order valence-corrected chi connectivity index (χ1v) is 7.34. The number of carbonyl (C=O) groups excluding carboxylic acids is 2. The molecule has 1 atom stereocenters. The van der Waals surface area contributed by atoms with Crippen molar-refractivity contribution >= 4 is 11.8 Å². The Hall–Kier alpha value is -2.62. The van der Waals surface area contributed by atoms with Crippen molar-refractivity contribution in [3.63, 3.8) is 0 Å². The molecule has 0 spiro atoms. The average molecular weight is 296 g/mol. The van der Waals surface area contributed by atoms with Crippen molar-refractivity contribution < 1.29 is 9.59 Å². The molecule has 0 aromatic heterocycles. The number of benzene rings is 2. The number of rotatable bonds is 6. The Morgan fingerprint density at radius 3 is 2.18 bits per heavy atom. The van der Waals surface area contributed by atoms with Crippen LogP contribution in [0.4, 0.5) is 0 Å². The van der Waals surface area contributed by atoms with E-state index in [2.05, 4.69) is 10.6 Å². The molecule has 2 N–H and O–H groups in total. The molecule has 0 fully saturated rings. The molecule has 0 bridgehead atoms. The molecule has 4 heteroatoms. The van der Waals surface area contributed by atoms with Crippen LogP contribution in [0.2, 0.25) is 0 Å². The highest BCUT2D eigenvalue weighted by Crippen LogP contribution is 2.10. The van der Waals surface area contributed by atoms with Crippen molar-refractivity contribution in [2.45, 2.75) is 19.4 Å². The van der Waals surface area contributed by atoms with E-state index in [1.807, 2.05) is 55.5 Å². The van der Waals surface area contributed by atoms with Gasteiger partial charge in [0.1, 0.15) is 0 Å². The average Bonchev–Trinajstić information content (AvgIpc) is 2.56. The summed E-state index contributed by atoms with van der Waals surface area (Å²) in [6.45, 7) is 2.26. The van der Waals surface area contributed by atoms with E-state index in [1.165, 1.54) is 0 Å². The summed E-state index contributed by atoms with van der Waals surface area (Å²) in [5.41, 5.74) is 1.66. The number of hydrogen-bond acceptors (Lipinski definition) is 2. The smallest absolute Gasteiger partial charge is 0.251 e. The van der Waals surface area contributed by atoms with Crippen molar-refractivity contribution in [3.8, 4) is 0 Å². The second-order valence-electron chi connectivity index (χ2n) is 5.07. The van der Waals surface area contributed by atoms with Crippen molar-refractivity contribution in [3.05, 3.63) is 71.8 Å². The third kappa shape index (κ3) is 4.74. The number of carbonyl (C=O) groups is 2. The molecule has 0 aliphatic heterocycles. The Bertz CT molecular complexity index is 611. The molecule has 2 amide bonds. The van der Waals surface area contributed by atoms with Gasteiger partial charge in [-0.2, -0.15) is 0 Å². The number of amides is 2. The molecule has 0 saturated carbocycles. The van der Waals surface area contributed by atoms with E-state index < -0.39 is 0 Å². The van der Waals surface area contributed by atoms with Gasteiger partial charge in [-0.25, -0.2) is 0 Å². The Morgan fingerprint density at radius 2 is 1.55 bits per heavy atom. The van der Waals surface area contributed by atoms with Gasteiger partial charge < -0.3 is 10.6 Å². The summed E-state index contributed by atoms with van der Waals surface area (Å²) in [6, 6.07) is 18.7. The SMILES string of the molecule is C[C@@H](NC(=O)CCNC(=O)c1ccccc1)c1ccccc1. The first-order valence-electron chi connectivity index (χ1n) is 7.34. The summed E-state index contributed by atoms with van der Waals surface area (Å²) < 4.78 is 0. The van der Waals surface area contributed by atoms with E-state index >= 15 is 0 Å². The summed E-state index contributed by atoms with van der Waals surface area (Å²) in [5.74, 6) is -0.241. The summed E-state index contributed by atoms with van der Waals surface area (Å²) in [5, 5.41) is 5.66. The molecular weight excluding hydrogens is 276 g/mol. The molecule has 2 rings (SSSR count). The second kappa shape index (κ2) is 7.98. The van der Waals surface area contributed by atoms with Crippen LogP contribution < -0.4 is 10.6 Å². The van der Waals surface area contributed by atoms with Gasteiger partial charge in [0.2, 0.25) is 5.91 Å². The van der Waals surface area contributed by atoms with Crippen LogP contribution in [0.3, 0.4) is 0 Å². The predicted molar refractivity (Wildman–Crippen MR) is 86.4 cm³/mol. The zero-order chi connectivity index (χ0) is 15.8. The monoisotopic (exact) mass is 296 g/mol. The molecule has 0 radical (unpaired) electrons. The molecular formula is C18H20N2O2. The van der Waals surface area contributed by atoms with Gasteiger partial charge in [-0.15, -0.1) is 0 Å². The lowest BCUT2D eigenvalue weighted by molar-refractivity contribution is -0.121. The largest absolute Gasteiger partial charge is 0.352 e. The maximum Gasteiger partial charge on any atom is 0.251 e. The van der Waals surface area contributed by atoms with Crippen LogP contribution in [0.1, 0.15) is 35.3 Å². The minimum absolute atomic E-state index is 0.0430. The third-order valence-electron chi connectivity index (χ3n) is 3.35. The van der Waals surface area contributed by atoms with Crippen LogP contribution in [0.25, 0.3) is 0 Å². The first-order chi connectivity index (χ1) is 10.7. The molecule has 0 aliphatic rings. The summed E-state index contributed by atoms with van der Waals surface area (Å²) in [6.07, 6.45) is 0.260. The highest BCUT2D eigenvalue weighted by Gasteiger charge is 2.10. The van der Waals surface area contributed by atoms with E-state index in [0.717, 1.165) is 5.56 Å². The highest BCUT2D eigenvalue weighted by atomic mass is 16.2. The van der Waals surface area contributed by atoms with Gasteiger partial charge in [-0.3, -0.25) is 9.59 Å². The Balaban J connectivity index is 1.73. The van der Waals surface area contributed by atoms with Crippen LogP contribution in [-0.2, 0) is 4.79 Å². The van der Waals surface area contributed by atoms with Gasteiger partial charge in [-0.1, -0.05) is 48.5 Å². The zero-order valence-electron chi connectivity index (χ0n) is 12.6. The van der Waals surface area contributed by atoms with Gasteiger partial charge in [0.05, 0.1) is 6.04 Å². The lowest BCUT2D eigenvalue weighted by Gasteiger charge is -2.14. The predicted octanol–water partition coefficient (Wildman–Crippen LogP) is 2.68. The van der Waals surface area contributed by atoms with E-state index in [9.17, 15) is 9.59 Å². The van der Waals surface area contributed by atoms with Gasteiger partial charge in [0.25, 0.3) is 5.91 Å². The van der Waals surface area contributed by atoms with Crippen molar-refractivity contribution in [1.82, 2.24) is 10.6 Å². The lowest BCUT2D eigenvalue weighted by Crippen LogP contribution is -2.32. The fourth-order valence-electron chi connectivity index (χ4n) is 2.12. The summed E-state index contributed by atoms with van der Waals surface area (Å²) >= 11 is 0. The summed E-state index contributed by atoms with van der Waals surface area (Å²) in [7, 11) is 0. The van der Waals surface area contributed by atoms with E-state index in [4.69, 9.17) is 0 Å². The quantitative estimate of drug-likeness (QED) is 0.861. The molecule has 0 saturated heterocycles. The molecule has 114 valence electrons. The first kappa shape index (κ1) is 15.8. The van der Waals surface area contributed by atoms with Crippen LogP contribution in [-0.4, -0.2) is 18.4 Å². The standard InChI is InChI=1S/C18H20N2O2/c1-14(15-8-4-2-5-9-15)20-17(21)12-13-19-18(22)16-10-6-3-7-11-16/h2-11,14H,12-13H2,1H3,(H,19,22)(H,20,21)/t14-/m1/s1. The summed E-state index contributed by atoms with van der Waals surface area (Å²) in [4.78, 5) is 23.7. The van der Waals surface area contributed by atoms with Gasteiger partial charge >= 0.3 is 0 Å². The molecule has 0 aliphatic carbocycles. The van der Waals surface area contributed by atoms with E-state index in [1.54, 1.807) is 12.1 Å². The molecule has 4 nitrogen and oxygen atoms in total. The molecule has 0 heterocycles. The van der Waals surface area contributed by atoms with E-state index in [0.29, 0.717) is 12.1 Å². The van der Waals surface area contributed by atoms with Crippen LogP contribution in [0.15, 0.2) is 60.7 Å².